The van der Waals surface area contributed by atoms with E-state index < -0.39 is 0 Å². The maximum absolute atomic E-state index is 12.6. The number of aliphatic hydroxyl groups is 1. The summed E-state index contributed by atoms with van der Waals surface area (Å²) in [5, 5.41) is 12.1. The van der Waals surface area contributed by atoms with Crippen molar-refractivity contribution in [2.45, 2.75) is 32.3 Å². The van der Waals surface area contributed by atoms with Crippen LogP contribution < -0.4 is 5.32 Å². The van der Waals surface area contributed by atoms with E-state index in [0.717, 1.165) is 17.5 Å². The van der Waals surface area contributed by atoms with Crippen LogP contribution in [0, 0.1) is 6.92 Å². The highest BCUT2D eigenvalue weighted by Crippen LogP contribution is 2.21. The number of carbonyl (C=O) groups excluding carboxylic acids is 1. The summed E-state index contributed by atoms with van der Waals surface area (Å²) in [6, 6.07) is 17.8. The molecule has 0 aliphatic heterocycles. The fourth-order valence-corrected chi connectivity index (χ4v) is 2.82. The summed E-state index contributed by atoms with van der Waals surface area (Å²) in [4.78, 5) is 12.6. The molecule has 0 heterocycles. The lowest BCUT2D eigenvalue weighted by atomic mass is 9.95. The van der Waals surface area contributed by atoms with Gasteiger partial charge in [-0.1, -0.05) is 67.1 Å². The Morgan fingerprint density at radius 3 is 2.36 bits per heavy atom. The van der Waals surface area contributed by atoms with Crippen LogP contribution in [0.15, 0.2) is 54.6 Å². The van der Waals surface area contributed by atoms with E-state index in [4.69, 9.17) is 9.84 Å². The van der Waals surface area contributed by atoms with Gasteiger partial charge in [0.1, 0.15) is 0 Å². The molecule has 0 saturated carbocycles. The van der Waals surface area contributed by atoms with Crippen molar-refractivity contribution in [1.29, 1.82) is 0 Å². The first-order valence-corrected chi connectivity index (χ1v) is 8.77. The molecular weight excluding hydrogens is 314 g/mol. The molecule has 0 radical (unpaired) electrons. The normalized spacial score (nSPS) is 13.2. The van der Waals surface area contributed by atoms with E-state index in [1.165, 1.54) is 5.56 Å². The first-order chi connectivity index (χ1) is 12.2. The first-order valence-electron chi connectivity index (χ1n) is 8.77. The van der Waals surface area contributed by atoms with Crippen molar-refractivity contribution in [3.05, 3.63) is 71.3 Å². The second-order valence-electron chi connectivity index (χ2n) is 6.11. The Morgan fingerprint density at radius 1 is 1.08 bits per heavy atom. The number of hydrogen-bond donors (Lipinski definition) is 2. The van der Waals surface area contributed by atoms with Crippen molar-refractivity contribution in [3.63, 3.8) is 0 Å². The quantitative estimate of drug-likeness (QED) is 0.735. The number of benzene rings is 2. The van der Waals surface area contributed by atoms with Gasteiger partial charge in [0.25, 0.3) is 0 Å². The Morgan fingerprint density at radius 2 is 1.76 bits per heavy atom. The van der Waals surface area contributed by atoms with Crippen LogP contribution in [0.25, 0.3) is 0 Å². The molecule has 134 valence electrons. The fraction of sp³-hybridized carbons (Fsp3) is 0.381. The molecule has 0 aliphatic rings. The molecule has 2 rings (SSSR count). The molecule has 0 unspecified atom stereocenters. The molecule has 2 N–H and O–H groups in total. The van der Waals surface area contributed by atoms with Crippen molar-refractivity contribution < 1.29 is 14.6 Å². The van der Waals surface area contributed by atoms with Crippen molar-refractivity contribution in [3.8, 4) is 0 Å². The van der Waals surface area contributed by atoms with Crippen LogP contribution in [0.1, 0.15) is 42.1 Å². The number of aliphatic hydroxyl groups excluding tert-OH is 1. The molecule has 2 atom stereocenters. The lowest BCUT2D eigenvalue weighted by Gasteiger charge is -2.21. The zero-order valence-corrected chi connectivity index (χ0v) is 14.9. The SMILES string of the molecule is CC[C@@H](C(=O)NC[C@@H](OCCO)c1ccc(C)cc1)c1ccccc1. The van der Waals surface area contributed by atoms with Gasteiger partial charge in [0, 0.05) is 6.54 Å². The summed E-state index contributed by atoms with van der Waals surface area (Å²) in [7, 11) is 0. The van der Waals surface area contributed by atoms with Gasteiger partial charge in [0.05, 0.1) is 25.2 Å². The van der Waals surface area contributed by atoms with E-state index in [1.54, 1.807) is 0 Å². The van der Waals surface area contributed by atoms with Crippen LogP contribution in [-0.4, -0.2) is 30.8 Å². The summed E-state index contributed by atoms with van der Waals surface area (Å²) in [6.07, 6.45) is 0.465. The average Bonchev–Trinajstić information content (AvgIpc) is 2.64. The molecule has 0 fully saturated rings. The van der Waals surface area contributed by atoms with Crippen LogP contribution >= 0.6 is 0 Å². The van der Waals surface area contributed by atoms with E-state index >= 15 is 0 Å². The van der Waals surface area contributed by atoms with E-state index in [0.29, 0.717) is 6.54 Å². The van der Waals surface area contributed by atoms with Gasteiger partial charge in [-0.25, -0.2) is 0 Å². The lowest BCUT2D eigenvalue weighted by Crippen LogP contribution is -2.33. The number of hydrogen-bond acceptors (Lipinski definition) is 3. The van der Waals surface area contributed by atoms with Gasteiger partial charge in [-0.2, -0.15) is 0 Å². The molecule has 0 aliphatic carbocycles. The van der Waals surface area contributed by atoms with Crippen LogP contribution in [0.3, 0.4) is 0 Å². The number of amides is 1. The van der Waals surface area contributed by atoms with Crippen molar-refractivity contribution in [1.82, 2.24) is 5.32 Å². The summed E-state index contributed by atoms with van der Waals surface area (Å²) < 4.78 is 5.72. The zero-order valence-electron chi connectivity index (χ0n) is 14.9. The van der Waals surface area contributed by atoms with Gasteiger partial charge < -0.3 is 15.2 Å². The van der Waals surface area contributed by atoms with Gasteiger partial charge in [0.2, 0.25) is 5.91 Å². The van der Waals surface area contributed by atoms with Crippen LogP contribution in [0.5, 0.6) is 0 Å². The fourth-order valence-electron chi connectivity index (χ4n) is 2.82. The Kier molecular flexibility index (Phi) is 7.64. The summed E-state index contributed by atoms with van der Waals surface area (Å²) in [5.74, 6) is -0.170. The molecule has 25 heavy (non-hydrogen) atoms. The molecule has 0 aromatic heterocycles. The highest BCUT2D eigenvalue weighted by molar-refractivity contribution is 5.83. The highest BCUT2D eigenvalue weighted by atomic mass is 16.5. The van der Waals surface area contributed by atoms with Gasteiger partial charge >= 0.3 is 0 Å². The Hall–Kier alpha value is -2.17. The molecule has 4 nitrogen and oxygen atoms in total. The first kappa shape index (κ1) is 19.2. The molecule has 2 aromatic carbocycles. The van der Waals surface area contributed by atoms with Crippen LogP contribution in [0.4, 0.5) is 0 Å². The summed E-state index contributed by atoms with van der Waals surface area (Å²) in [6.45, 7) is 4.62. The third kappa shape index (κ3) is 5.69. The number of ether oxygens (including phenoxy) is 1. The molecule has 2 aromatic rings. The number of nitrogens with one attached hydrogen (secondary N) is 1. The zero-order chi connectivity index (χ0) is 18.1. The molecule has 1 amide bonds. The molecular formula is C21H27NO3. The Labute approximate surface area is 149 Å². The smallest absolute Gasteiger partial charge is 0.227 e. The van der Waals surface area contributed by atoms with E-state index in [-0.39, 0.29) is 31.1 Å². The largest absolute Gasteiger partial charge is 0.394 e. The standard InChI is InChI=1S/C21H27NO3/c1-3-19(17-7-5-4-6-8-17)21(24)22-15-20(25-14-13-23)18-11-9-16(2)10-12-18/h4-12,19-20,23H,3,13-15H2,1-2H3,(H,22,24)/t19-,20-/m1/s1. The van der Waals surface area contributed by atoms with Gasteiger partial charge in [-0.3, -0.25) is 4.79 Å². The van der Waals surface area contributed by atoms with Crippen molar-refractivity contribution in [2.75, 3.05) is 19.8 Å². The second kappa shape index (κ2) is 9.97. The van der Waals surface area contributed by atoms with Crippen molar-refractivity contribution in [2.24, 2.45) is 0 Å². The highest BCUT2D eigenvalue weighted by Gasteiger charge is 2.20. The lowest BCUT2D eigenvalue weighted by molar-refractivity contribution is -0.123. The molecule has 0 saturated heterocycles. The predicted octanol–water partition coefficient (Wildman–Crippen LogP) is 3.36. The van der Waals surface area contributed by atoms with Crippen LogP contribution in [0.2, 0.25) is 0 Å². The summed E-state index contributed by atoms with van der Waals surface area (Å²) >= 11 is 0. The third-order valence-electron chi connectivity index (χ3n) is 4.25. The maximum Gasteiger partial charge on any atom is 0.227 e. The van der Waals surface area contributed by atoms with Gasteiger partial charge in [-0.05, 0) is 24.5 Å². The monoisotopic (exact) mass is 341 g/mol. The summed E-state index contributed by atoms with van der Waals surface area (Å²) in [5.41, 5.74) is 3.18. The van der Waals surface area contributed by atoms with Gasteiger partial charge in [0.15, 0.2) is 0 Å². The average molecular weight is 341 g/mol. The minimum absolute atomic E-state index is 0.00147. The molecule has 0 spiro atoms. The Bertz CT molecular complexity index is 640. The molecule has 0 bridgehead atoms. The van der Waals surface area contributed by atoms with E-state index in [9.17, 15) is 4.79 Å². The number of aryl methyl sites for hydroxylation is 1. The minimum atomic E-state index is -0.273. The van der Waals surface area contributed by atoms with Crippen LogP contribution in [-0.2, 0) is 9.53 Å². The number of rotatable bonds is 9. The van der Waals surface area contributed by atoms with E-state index in [1.807, 2.05) is 68.4 Å². The van der Waals surface area contributed by atoms with Crippen molar-refractivity contribution >= 4 is 5.91 Å². The van der Waals surface area contributed by atoms with Gasteiger partial charge in [-0.15, -0.1) is 0 Å². The second-order valence-corrected chi connectivity index (χ2v) is 6.11. The maximum atomic E-state index is 12.6. The third-order valence-corrected chi connectivity index (χ3v) is 4.25. The Balaban J connectivity index is 2.03. The minimum Gasteiger partial charge on any atom is -0.394 e. The number of carbonyl (C=O) groups is 1. The van der Waals surface area contributed by atoms with E-state index in [2.05, 4.69) is 5.32 Å². The molecule has 4 heteroatoms. The predicted molar refractivity (Wildman–Crippen MR) is 99.4 cm³/mol. The topological polar surface area (TPSA) is 58.6 Å².